The van der Waals surface area contributed by atoms with Gasteiger partial charge in [0, 0.05) is 63.5 Å². The standard InChI is InChI=1S/C20H35N5O/c1-4-25-17(2)19(14-21-25)16-23-9-5-6-18(15-23)7-8-20(26)24-12-10-22(3)11-13-24/h14,18H,4-13,15-16H2,1-3H3/t18-/m1/s1. The van der Waals surface area contributed by atoms with Gasteiger partial charge in [0.1, 0.15) is 0 Å². The summed E-state index contributed by atoms with van der Waals surface area (Å²) >= 11 is 0. The third-order valence-corrected chi connectivity index (χ3v) is 6.12. The maximum absolute atomic E-state index is 12.5. The number of likely N-dealkylation sites (N-methyl/N-ethyl adjacent to an activating group) is 1. The molecule has 6 nitrogen and oxygen atoms in total. The lowest BCUT2D eigenvalue weighted by Gasteiger charge is -2.34. The number of carbonyl (C=O) groups is 1. The second kappa shape index (κ2) is 9.00. The van der Waals surface area contributed by atoms with E-state index >= 15 is 0 Å². The molecular formula is C20H35N5O. The van der Waals surface area contributed by atoms with Gasteiger partial charge in [-0.1, -0.05) is 0 Å². The first-order valence-corrected chi connectivity index (χ1v) is 10.3. The molecule has 1 amide bonds. The van der Waals surface area contributed by atoms with Crippen LogP contribution in [0.15, 0.2) is 6.20 Å². The monoisotopic (exact) mass is 361 g/mol. The van der Waals surface area contributed by atoms with E-state index in [1.54, 1.807) is 0 Å². The minimum atomic E-state index is 0.357. The van der Waals surface area contributed by atoms with Crippen molar-refractivity contribution in [1.29, 1.82) is 0 Å². The van der Waals surface area contributed by atoms with Crippen molar-refractivity contribution in [2.24, 2.45) is 5.92 Å². The third kappa shape index (κ3) is 4.86. The summed E-state index contributed by atoms with van der Waals surface area (Å²) in [6.07, 6.45) is 6.29. The van der Waals surface area contributed by atoms with Crippen LogP contribution < -0.4 is 0 Å². The molecule has 0 bridgehead atoms. The summed E-state index contributed by atoms with van der Waals surface area (Å²) in [7, 11) is 2.13. The average molecular weight is 362 g/mol. The lowest BCUT2D eigenvalue weighted by Crippen LogP contribution is -2.47. The molecule has 3 rings (SSSR count). The van der Waals surface area contributed by atoms with E-state index in [-0.39, 0.29) is 0 Å². The van der Waals surface area contributed by atoms with Crippen LogP contribution in [0.1, 0.15) is 43.9 Å². The van der Waals surface area contributed by atoms with Gasteiger partial charge in [0.25, 0.3) is 0 Å². The molecule has 0 N–H and O–H groups in total. The third-order valence-electron chi connectivity index (χ3n) is 6.12. The molecule has 2 aliphatic heterocycles. The summed E-state index contributed by atoms with van der Waals surface area (Å²) in [5, 5.41) is 4.47. The zero-order valence-electron chi connectivity index (χ0n) is 16.8. The van der Waals surface area contributed by atoms with Crippen molar-refractivity contribution in [2.75, 3.05) is 46.3 Å². The van der Waals surface area contributed by atoms with E-state index < -0.39 is 0 Å². The van der Waals surface area contributed by atoms with Gasteiger partial charge in [-0.25, -0.2) is 0 Å². The maximum atomic E-state index is 12.5. The maximum Gasteiger partial charge on any atom is 0.222 e. The summed E-state index contributed by atoms with van der Waals surface area (Å²) in [6.45, 7) is 12.3. The van der Waals surface area contributed by atoms with Gasteiger partial charge in [-0.05, 0) is 52.6 Å². The number of likely N-dealkylation sites (tertiary alicyclic amines) is 1. The summed E-state index contributed by atoms with van der Waals surface area (Å²) in [5.41, 5.74) is 2.64. The molecule has 6 heteroatoms. The minimum absolute atomic E-state index is 0.357. The number of aromatic nitrogens is 2. The predicted molar refractivity (Wildman–Crippen MR) is 104 cm³/mol. The lowest BCUT2D eigenvalue weighted by molar-refractivity contribution is -0.133. The number of piperazine rings is 1. The Morgan fingerprint density at radius 3 is 2.69 bits per heavy atom. The number of nitrogens with zero attached hydrogens (tertiary/aromatic N) is 5. The number of hydrogen-bond acceptors (Lipinski definition) is 4. The van der Waals surface area contributed by atoms with E-state index in [2.05, 4.69) is 45.4 Å². The van der Waals surface area contributed by atoms with Gasteiger partial charge in [0.05, 0.1) is 6.20 Å². The number of hydrogen-bond donors (Lipinski definition) is 0. The number of piperidine rings is 1. The zero-order valence-corrected chi connectivity index (χ0v) is 16.8. The Labute approximate surface area is 158 Å². The van der Waals surface area contributed by atoms with Gasteiger partial charge < -0.3 is 9.80 Å². The molecule has 0 saturated carbocycles. The molecular weight excluding hydrogens is 326 g/mol. The van der Waals surface area contributed by atoms with Gasteiger partial charge in [0.2, 0.25) is 5.91 Å². The van der Waals surface area contributed by atoms with E-state index in [1.165, 1.54) is 30.6 Å². The normalized spacial score (nSPS) is 22.7. The Morgan fingerprint density at radius 2 is 2.00 bits per heavy atom. The Morgan fingerprint density at radius 1 is 1.23 bits per heavy atom. The second-order valence-corrected chi connectivity index (χ2v) is 8.04. The van der Waals surface area contributed by atoms with Crippen molar-refractivity contribution >= 4 is 5.91 Å². The highest BCUT2D eigenvalue weighted by Crippen LogP contribution is 2.23. The minimum Gasteiger partial charge on any atom is -0.340 e. The van der Waals surface area contributed by atoms with E-state index in [0.717, 1.165) is 58.7 Å². The van der Waals surface area contributed by atoms with Crippen molar-refractivity contribution < 1.29 is 4.79 Å². The highest BCUT2D eigenvalue weighted by molar-refractivity contribution is 5.76. The van der Waals surface area contributed by atoms with E-state index in [1.807, 2.05) is 6.20 Å². The summed E-state index contributed by atoms with van der Waals surface area (Å²) in [5.74, 6) is 1.01. The molecule has 1 atom stereocenters. The molecule has 3 heterocycles. The number of carbonyl (C=O) groups excluding carboxylic acids is 1. The van der Waals surface area contributed by atoms with Crippen molar-refractivity contribution in [2.45, 2.75) is 52.6 Å². The van der Waals surface area contributed by atoms with E-state index in [9.17, 15) is 4.79 Å². The molecule has 0 aromatic carbocycles. The van der Waals surface area contributed by atoms with Crippen molar-refractivity contribution in [1.82, 2.24) is 24.5 Å². The van der Waals surface area contributed by atoms with Crippen LogP contribution in [-0.2, 0) is 17.9 Å². The molecule has 146 valence electrons. The van der Waals surface area contributed by atoms with Crippen LogP contribution in [-0.4, -0.2) is 76.7 Å². The molecule has 1 aromatic rings. The largest absolute Gasteiger partial charge is 0.340 e. The average Bonchev–Trinajstić information content (AvgIpc) is 3.00. The van der Waals surface area contributed by atoms with Crippen molar-refractivity contribution in [3.63, 3.8) is 0 Å². The smallest absolute Gasteiger partial charge is 0.222 e. The van der Waals surface area contributed by atoms with Crippen LogP contribution in [0.2, 0.25) is 0 Å². The predicted octanol–water partition coefficient (Wildman–Crippen LogP) is 1.98. The molecule has 2 fully saturated rings. The van der Waals surface area contributed by atoms with Crippen LogP contribution in [0, 0.1) is 12.8 Å². The lowest BCUT2D eigenvalue weighted by atomic mass is 9.93. The van der Waals surface area contributed by atoms with Gasteiger partial charge in [0.15, 0.2) is 0 Å². The number of aryl methyl sites for hydroxylation is 1. The Balaban J connectivity index is 1.44. The van der Waals surface area contributed by atoms with Crippen LogP contribution >= 0.6 is 0 Å². The first kappa shape index (κ1) is 19.4. The number of rotatable bonds is 6. The van der Waals surface area contributed by atoms with Crippen molar-refractivity contribution in [3.8, 4) is 0 Å². The fourth-order valence-electron chi connectivity index (χ4n) is 4.27. The van der Waals surface area contributed by atoms with Gasteiger partial charge in [-0.15, -0.1) is 0 Å². The van der Waals surface area contributed by atoms with Crippen LogP contribution in [0.5, 0.6) is 0 Å². The first-order valence-electron chi connectivity index (χ1n) is 10.3. The van der Waals surface area contributed by atoms with Gasteiger partial charge >= 0.3 is 0 Å². The topological polar surface area (TPSA) is 44.6 Å². The zero-order chi connectivity index (χ0) is 18.5. The molecule has 0 unspecified atom stereocenters. The van der Waals surface area contributed by atoms with Crippen LogP contribution in [0.4, 0.5) is 0 Å². The van der Waals surface area contributed by atoms with Crippen LogP contribution in [0.25, 0.3) is 0 Å². The summed E-state index contributed by atoms with van der Waals surface area (Å²) < 4.78 is 2.07. The highest BCUT2D eigenvalue weighted by Gasteiger charge is 2.24. The molecule has 2 aliphatic rings. The van der Waals surface area contributed by atoms with Gasteiger partial charge in [-0.3, -0.25) is 14.4 Å². The summed E-state index contributed by atoms with van der Waals surface area (Å²) in [4.78, 5) is 19.4. The summed E-state index contributed by atoms with van der Waals surface area (Å²) in [6, 6.07) is 0. The Hall–Kier alpha value is -1.40. The molecule has 26 heavy (non-hydrogen) atoms. The first-order chi connectivity index (χ1) is 12.6. The Kier molecular flexibility index (Phi) is 6.70. The fraction of sp³-hybridized carbons (Fsp3) is 0.800. The molecule has 0 aliphatic carbocycles. The quantitative estimate of drug-likeness (QED) is 0.777. The van der Waals surface area contributed by atoms with E-state index in [4.69, 9.17) is 0 Å². The molecule has 0 radical (unpaired) electrons. The molecule has 1 aromatic heterocycles. The molecule has 0 spiro atoms. The Bertz CT molecular complexity index is 591. The SMILES string of the molecule is CCn1ncc(CN2CCC[C@H](CCC(=O)N3CCN(C)CC3)C2)c1C. The molecule has 2 saturated heterocycles. The fourth-order valence-corrected chi connectivity index (χ4v) is 4.27. The second-order valence-electron chi connectivity index (χ2n) is 8.04. The van der Waals surface area contributed by atoms with Crippen LogP contribution in [0.3, 0.4) is 0 Å². The number of amides is 1. The van der Waals surface area contributed by atoms with Crippen molar-refractivity contribution in [3.05, 3.63) is 17.5 Å². The van der Waals surface area contributed by atoms with Gasteiger partial charge in [-0.2, -0.15) is 5.10 Å². The van der Waals surface area contributed by atoms with E-state index in [0.29, 0.717) is 11.8 Å². The highest BCUT2D eigenvalue weighted by atomic mass is 16.2.